The first kappa shape index (κ1) is 9.96. The summed E-state index contributed by atoms with van der Waals surface area (Å²) in [5.41, 5.74) is 0. The van der Waals surface area contributed by atoms with Gasteiger partial charge in [-0.2, -0.15) is 0 Å². The van der Waals surface area contributed by atoms with Gasteiger partial charge in [0.15, 0.2) is 0 Å². The fraction of sp³-hybridized carbons (Fsp3) is 1.00. The lowest BCUT2D eigenvalue weighted by molar-refractivity contribution is 0.178. The molecule has 12 heavy (non-hydrogen) atoms. The zero-order valence-corrected chi connectivity index (χ0v) is 8.18. The number of likely N-dealkylation sites (N-methyl/N-ethyl adjacent to an activating group) is 1. The van der Waals surface area contributed by atoms with E-state index in [0.29, 0.717) is 6.04 Å². The van der Waals surface area contributed by atoms with Crippen LogP contribution in [-0.2, 0) is 4.74 Å². The topological polar surface area (TPSA) is 24.5 Å². The molecule has 0 radical (unpaired) electrons. The minimum absolute atomic E-state index is 0.715. The first-order chi connectivity index (χ1) is 5.86. The van der Waals surface area contributed by atoms with E-state index in [4.69, 9.17) is 4.74 Å². The van der Waals surface area contributed by atoms with Gasteiger partial charge < -0.3 is 15.0 Å². The third-order valence-corrected chi connectivity index (χ3v) is 2.50. The van der Waals surface area contributed by atoms with Crippen molar-refractivity contribution in [2.75, 3.05) is 40.4 Å². The third kappa shape index (κ3) is 3.09. The van der Waals surface area contributed by atoms with Crippen molar-refractivity contribution in [1.82, 2.24) is 10.2 Å². The fourth-order valence-electron chi connectivity index (χ4n) is 1.70. The summed E-state index contributed by atoms with van der Waals surface area (Å²) in [6, 6.07) is 0.715. The predicted molar refractivity (Wildman–Crippen MR) is 50.4 cm³/mol. The van der Waals surface area contributed by atoms with E-state index in [0.717, 1.165) is 13.0 Å². The normalized spacial score (nSPS) is 25.0. The Morgan fingerprint density at radius 1 is 1.58 bits per heavy atom. The van der Waals surface area contributed by atoms with Crippen molar-refractivity contribution in [3.8, 4) is 0 Å². The maximum Gasteiger partial charge on any atom is 0.0474 e. The van der Waals surface area contributed by atoms with E-state index >= 15 is 0 Å². The van der Waals surface area contributed by atoms with Crippen LogP contribution >= 0.6 is 0 Å². The largest absolute Gasteiger partial charge is 0.385 e. The molecular formula is C9H20N2O. The molecule has 1 N–H and O–H groups in total. The molecule has 0 aromatic heterocycles. The quantitative estimate of drug-likeness (QED) is 0.604. The third-order valence-electron chi connectivity index (χ3n) is 2.50. The highest BCUT2D eigenvalue weighted by Gasteiger charge is 2.19. The first-order valence-corrected chi connectivity index (χ1v) is 4.75. The van der Waals surface area contributed by atoms with Crippen LogP contribution in [0.25, 0.3) is 0 Å². The second-order valence-electron chi connectivity index (χ2n) is 3.42. The summed E-state index contributed by atoms with van der Waals surface area (Å²) in [7, 11) is 3.81. The average molecular weight is 172 g/mol. The molecule has 3 heteroatoms. The molecular weight excluding hydrogens is 152 g/mol. The van der Waals surface area contributed by atoms with Crippen molar-refractivity contribution in [2.45, 2.75) is 18.9 Å². The maximum atomic E-state index is 5.01. The second kappa shape index (κ2) is 5.51. The number of methoxy groups -OCH3 is 1. The Hall–Kier alpha value is -0.120. The number of rotatable bonds is 5. The SMILES string of the molecule is CNC1CCN(CCCOC)C1. The molecule has 0 amide bonds. The van der Waals surface area contributed by atoms with Crippen molar-refractivity contribution in [1.29, 1.82) is 0 Å². The molecule has 1 unspecified atom stereocenters. The lowest BCUT2D eigenvalue weighted by Crippen LogP contribution is -2.30. The highest BCUT2D eigenvalue weighted by molar-refractivity contribution is 4.79. The van der Waals surface area contributed by atoms with Crippen LogP contribution in [0.5, 0.6) is 0 Å². The van der Waals surface area contributed by atoms with Gasteiger partial charge in [-0.3, -0.25) is 0 Å². The van der Waals surface area contributed by atoms with Gasteiger partial charge in [0.05, 0.1) is 0 Å². The molecule has 0 aromatic rings. The molecule has 0 saturated carbocycles. The standard InChI is InChI=1S/C9H20N2O/c1-10-9-4-6-11(8-9)5-3-7-12-2/h9-10H,3-8H2,1-2H3. The van der Waals surface area contributed by atoms with Gasteiger partial charge in [-0.1, -0.05) is 0 Å². The van der Waals surface area contributed by atoms with Gasteiger partial charge in [-0.25, -0.2) is 0 Å². The molecule has 0 spiro atoms. The van der Waals surface area contributed by atoms with Crippen LogP contribution < -0.4 is 5.32 Å². The Kier molecular flexibility index (Phi) is 4.58. The van der Waals surface area contributed by atoms with Gasteiger partial charge >= 0.3 is 0 Å². The van der Waals surface area contributed by atoms with Crippen molar-refractivity contribution >= 4 is 0 Å². The molecule has 0 bridgehead atoms. The number of hydrogen-bond donors (Lipinski definition) is 1. The Labute approximate surface area is 75.1 Å². The Morgan fingerprint density at radius 2 is 2.42 bits per heavy atom. The number of ether oxygens (including phenoxy) is 1. The molecule has 1 rings (SSSR count). The molecule has 1 atom stereocenters. The summed E-state index contributed by atoms with van der Waals surface area (Å²) in [5, 5.41) is 3.31. The van der Waals surface area contributed by atoms with Gasteiger partial charge in [-0.05, 0) is 26.4 Å². The molecule has 0 aliphatic carbocycles. The highest BCUT2D eigenvalue weighted by Crippen LogP contribution is 2.08. The Bertz CT molecular complexity index is 119. The van der Waals surface area contributed by atoms with Gasteiger partial charge in [0, 0.05) is 32.8 Å². The molecule has 0 aromatic carbocycles. The van der Waals surface area contributed by atoms with Crippen molar-refractivity contribution < 1.29 is 4.74 Å². The molecule has 1 heterocycles. The van der Waals surface area contributed by atoms with E-state index in [2.05, 4.69) is 10.2 Å². The van der Waals surface area contributed by atoms with Gasteiger partial charge in [0.1, 0.15) is 0 Å². The molecule has 1 aliphatic rings. The van der Waals surface area contributed by atoms with Crippen molar-refractivity contribution in [3.05, 3.63) is 0 Å². The second-order valence-corrected chi connectivity index (χ2v) is 3.42. The van der Waals surface area contributed by atoms with Crippen LogP contribution in [0.3, 0.4) is 0 Å². The summed E-state index contributed by atoms with van der Waals surface area (Å²) < 4.78 is 5.01. The Balaban J connectivity index is 2.03. The van der Waals surface area contributed by atoms with E-state index in [1.807, 2.05) is 7.05 Å². The number of likely N-dealkylation sites (tertiary alicyclic amines) is 1. The lowest BCUT2D eigenvalue weighted by atomic mass is 10.3. The van der Waals surface area contributed by atoms with Crippen LogP contribution in [0.1, 0.15) is 12.8 Å². The number of nitrogens with one attached hydrogen (secondary N) is 1. The van der Waals surface area contributed by atoms with E-state index in [1.165, 1.54) is 26.1 Å². The lowest BCUT2D eigenvalue weighted by Gasteiger charge is -2.14. The summed E-state index contributed by atoms with van der Waals surface area (Å²) in [6.07, 6.45) is 2.45. The molecule has 1 aliphatic heterocycles. The fourth-order valence-corrected chi connectivity index (χ4v) is 1.70. The molecule has 72 valence electrons. The van der Waals surface area contributed by atoms with Crippen LogP contribution in [0, 0.1) is 0 Å². The monoisotopic (exact) mass is 172 g/mol. The first-order valence-electron chi connectivity index (χ1n) is 4.75. The van der Waals surface area contributed by atoms with Crippen molar-refractivity contribution in [3.63, 3.8) is 0 Å². The molecule has 3 nitrogen and oxygen atoms in total. The highest BCUT2D eigenvalue weighted by atomic mass is 16.5. The summed E-state index contributed by atoms with van der Waals surface area (Å²) >= 11 is 0. The summed E-state index contributed by atoms with van der Waals surface area (Å²) in [5.74, 6) is 0. The summed E-state index contributed by atoms with van der Waals surface area (Å²) in [6.45, 7) is 4.53. The van der Waals surface area contributed by atoms with Crippen LogP contribution in [0.15, 0.2) is 0 Å². The van der Waals surface area contributed by atoms with E-state index in [-0.39, 0.29) is 0 Å². The Morgan fingerprint density at radius 3 is 3.00 bits per heavy atom. The molecule has 1 saturated heterocycles. The number of nitrogens with zero attached hydrogens (tertiary/aromatic N) is 1. The maximum absolute atomic E-state index is 5.01. The van der Waals surface area contributed by atoms with E-state index in [9.17, 15) is 0 Å². The zero-order valence-electron chi connectivity index (χ0n) is 8.18. The van der Waals surface area contributed by atoms with E-state index in [1.54, 1.807) is 7.11 Å². The number of hydrogen-bond acceptors (Lipinski definition) is 3. The predicted octanol–water partition coefficient (Wildman–Crippen LogP) is 0.317. The summed E-state index contributed by atoms with van der Waals surface area (Å²) in [4.78, 5) is 2.50. The smallest absolute Gasteiger partial charge is 0.0474 e. The average Bonchev–Trinajstić information content (AvgIpc) is 2.53. The minimum atomic E-state index is 0.715. The van der Waals surface area contributed by atoms with Crippen LogP contribution in [-0.4, -0.2) is 51.3 Å². The van der Waals surface area contributed by atoms with Gasteiger partial charge in [-0.15, -0.1) is 0 Å². The van der Waals surface area contributed by atoms with Crippen molar-refractivity contribution in [2.24, 2.45) is 0 Å². The van der Waals surface area contributed by atoms with Crippen LogP contribution in [0.4, 0.5) is 0 Å². The van der Waals surface area contributed by atoms with Gasteiger partial charge in [0.2, 0.25) is 0 Å². The van der Waals surface area contributed by atoms with E-state index < -0.39 is 0 Å². The molecule has 1 fully saturated rings. The van der Waals surface area contributed by atoms with Crippen LogP contribution in [0.2, 0.25) is 0 Å². The zero-order chi connectivity index (χ0) is 8.81. The van der Waals surface area contributed by atoms with Gasteiger partial charge in [0.25, 0.3) is 0 Å². The minimum Gasteiger partial charge on any atom is -0.385 e.